The number of thiophene rings is 1. The van der Waals surface area contributed by atoms with E-state index in [-0.39, 0.29) is 11.8 Å². The second kappa shape index (κ2) is 5.56. The van der Waals surface area contributed by atoms with E-state index in [1.165, 1.54) is 14.6 Å². The fourth-order valence-electron chi connectivity index (χ4n) is 3.00. The molecule has 2 aliphatic heterocycles. The van der Waals surface area contributed by atoms with Crippen LogP contribution in [-0.2, 0) is 4.79 Å². The molecule has 0 radical (unpaired) electrons. The summed E-state index contributed by atoms with van der Waals surface area (Å²) in [4.78, 5) is 13.8. The molecule has 2 aliphatic rings. The van der Waals surface area contributed by atoms with Gasteiger partial charge < -0.3 is 0 Å². The molecule has 2 aromatic rings. The summed E-state index contributed by atoms with van der Waals surface area (Å²) in [6, 6.07) is 11.9. The Hall–Kier alpha value is -1.59. The Morgan fingerprint density at radius 1 is 1.27 bits per heavy atom. The number of anilines is 1. The van der Waals surface area contributed by atoms with Crippen molar-refractivity contribution in [1.82, 2.24) is 0 Å². The van der Waals surface area contributed by atoms with Gasteiger partial charge >= 0.3 is 0 Å². The molecule has 112 valence electrons. The van der Waals surface area contributed by atoms with E-state index in [0.717, 1.165) is 23.6 Å². The van der Waals surface area contributed by atoms with Crippen LogP contribution < -0.4 is 5.01 Å². The zero-order chi connectivity index (χ0) is 15.1. The van der Waals surface area contributed by atoms with Gasteiger partial charge in [-0.15, -0.1) is 23.1 Å². The summed E-state index contributed by atoms with van der Waals surface area (Å²) >= 11 is 3.74. The number of hydrogen-bond acceptors (Lipinski definition) is 4. The normalized spacial score (nSPS) is 21.0. The third-order valence-corrected chi connectivity index (χ3v) is 6.42. The third kappa shape index (κ3) is 2.38. The molecule has 5 heteroatoms. The first kappa shape index (κ1) is 14.0. The molecule has 1 atom stereocenters. The van der Waals surface area contributed by atoms with Crippen LogP contribution in [0.1, 0.15) is 23.3 Å². The number of amides is 1. The summed E-state index contributed by atoms with van der Waals surface area (Å²) in [5, 5.41) is 6.35. The van der Waals surface area contributed by atoms with Crippen LogP contribution in [0.4, 0.5) is 5.69 Å². The number of hydrazone groups is 1. The summed E-state index contributed by atoms with van der Waals surface area (Å²) in [6.45, 7) is 2.14. The molecule has 4 rings (SSSR count). The van der Waals surface area contributed by atoms with E-state index in [2.05, 4.69) is 13.0 Å². The lowest BCUT2D eigenvalue weighted by atomic mass is 9.91. The van der Waals surface area contributed by atoms with E-state index in [4.69, 9.17) is 5.10 Å². The number of nitrogens with zero attached hydrogens (tertiary/aromatic N) is 2. The smallest absolute Gasteiger partial charge is 0.248 e. The van der Waals surface area contributed by atoms with Crippen LogP contribution in [-0.4, -0.2) is 17.4 Å². The van der Waals surface area contributed by atoms with E-state index in [1.807, 2.05) is 53.4 Å². The molecule has 0 N–H and O–H groups in total. The van der Waals surface area contributed by atoms with Gasteiger partial charge in [-0.05, 0) is 37.3 Å². The average Bonchev–Trinajstić information content (AvgIpc) is 2.81. The minimum absolute atomic E-state index is 0.0975. The molecule has 1 aromatic heterocycles. The van der Waals surface area contributed by atoms with Crippen molar-refractivity contribution in [3.8, 4) is 0 Å². The highest BCUT2D eigenvalue weighted by Gasteiger charge is 2.34. The topological polar surface area (TPSA) is 32.7 Å². The first-order chi connectivity index (χ1) is 10.7. The van der Waals surface area contributed by atoms with Crippen molar-refractivity contribution in [3.05, 3.63) is 46.8 Å². The Morgan fingerprint density at radius 2 is 2.09 bits per heavy atom. The standard InChI is InChI=1S/C17H16N2OS2/c1-11-9-14-16-12(7-8-21-17(14)22-11)10-15(20)19(18-16)13-5-3-2-4-6-13/h2-6,9,12H,7-8,10H2,1H3. The lowest BCUT2D eigenvalue weighted by Gasteiger charge is -2.28. The fraction of sp³-hybridized carbons (Fsp3) is 0.294. The van der Waals surface area contributed by atoms with E-state index in [0.29, 0.717) is 6.42 Å². The number of rotatable bonds is 1. The van der Waals surface area contributed by atoms with Gasteiger partial charge in [-0.25, -0.2) is 5.01 Å². The highest BCUT2D eigenvalue weighted by molar-refractivity contribution is 8.01. The van der Waals surface area contributed by atoms with Crippen LogP contribution in [0, 0.1) is 12.8 Å². The van der Waals surface area contributed by atoms with Gasteiger partial charge in [0.2, 0.25) is 5.91 Å². The van der Waals surface area contributed by atoms with Crippen LogP contribution in [0.3, 0.4) is 0 Å². The van der Waals surface area contributed by atoms with Crippen molar-refractivity contribution in [2.75, 3.05) is 10.8 Å². The van der Waals surface area contributed by atoms with E-state index < -0.39 is 0 Å². The molecule has 3 heterocycles. The number of benzene rings is 1. The molecule has 1 unspecified atom stereocenters. The summed E-state index contributed by atoms with van der Waals surface area (Å²) in [6.07, 6.45) is 1.58. The number of hydrogen-bond donors (Lipinski definition) is 0. The van der Waals surface area contributed by atoms with Crippen LogP contribution in [0.25, 0.3) is 0 Å². The first-order valence-electron chi connectivity index (χ1n) is 7.42. The molecule has 0 saturated carbocycles. The van der Waals surface area contributed by atoms with Crippen LogP contribution in [0.2, 0.25) is 0 Å². The number of carbonyl (C=O) groups excluding carboxylic acids is 1. The van der Waals surface area contributed by atoms with Gasteiger partial charge in [-0.2, -0.15) is 5.10 Å². The van der Waals surface area contributed by atoms with E-state index in [1.54, 1.807) is 5.01 Å². The Balaban J connectivity index is 1.82. The van der Waals surface area contributed by atoms with E-state index in [9.17, 15) is 4.79 Å². The monoisotopic (exact) mass is 328 g/mol. The van der Waals surface area contributed by atoms with Gasteiger partial charge in [0.25, 0.3) is 0 Å². The van der Waals surface area contributed by atoms with E-state index >= 15 is 0 Å². The highest BCUT2D eigenvalue weighted by atomic mass is 32.2. The van der Waals surface area contributed by atoms with Gasteiger partial charge in [0.05, 0.1) is 15.6 Å². The molecule has 0 fully saturated rings. The third-order valence-electron chi connectivity index (χ3n) is 4.05. The van der Waals surface area contributed by atoms with Crippen molar-refractivity contribution < 1.29 is 4.79 Å². The molecule has 0 saturated heterocycles. The number of thioether (sulfide) groups is 1. The minimum atomic E-state index is 0.0975. The summed E-state index contributed by atoms with van der Waals surface area (Å²) < 4.78 is 1.35. The average molecular weight is 328 g/mol. The van der Waals surface area contributed by atoms with Crippen LogP contribution in [0.15, 0.2) is 45.7 Å². The lowest BCUT2D eigenvalue weighted by Crippen LogP contribution is -2.37. The fourth-order valence-corrected chi connectivity index (χ4v) is 5.52. The van der Waals surface area contributed by atoms with Crippen molar-refractivity contribution in [2.24, 2.45) is 11.0 Å². The maximum Gasteiger partial charge on any atom is 0.248 e. The van der Waals surface area contributed by atoms with Gasteiger partial charge in [0.1, 0.15) is 0 Å². The quantitative estimate of drug-likeness (QED) is 0.781. The molecule has 0 spiro atoms. The van der Waals surface area contributed by atoms with Crippen molar-refractivity contribution in [1.29, 1.82) is 0 Å². The Kier molecular flexibility index (Phi) is 3.54. The molecular weight excluding hydrogens is 312 g/mol. The van der Waals surface area contributed by atoms with Crippen LogP contribution >= 0.6 is 23.1 Å². The molecule has 22 heavy (non-hydrogen) atoms. The SMILES string of the molecule is Cc1cc2c(s1)SCCC1CC(=O)N(c3ccccc3)N=C21. The second-order valence-corrected chi connectivity index (χ2v) is 8.24. The summed E-state index contributed by atoms with van der Waals surface area (Å²) in [7, 11) is 0. The zero-order valence-corrected chi connectivity index (χ0v) is 13.9. The number of carbonyl (C=O) groups is 1. The summed E-state index contributed by atoms with van der Waals surface area (Å²) in [5.74, 6) is 1.42. The second-order valence-electron chi connectivity index (χ2n) is 5.62. The minimum Gasteiger partial charge on any atom is -0.273 e. The van der Waals surface area contributed by atoms with Gasteiger partial charge in [0, 0.05) is 22.8 Å². The number of para-hydroxylation sites is 1. The van der Waals surface area contributed by atoms with Crippen molar-refractivity contribution >= 4 is 40.4 Å². The predicted octanol–water partition coefficient (Wildman–Crippen LogP) is 4.31. The Bertz CT molecular complexity index is 751. The first-order valence-corrected chi connectivity index (χ1v) is 9.22. The highest BCUT2D eigenvalue weighted by Crippen LogP contribution is 2.40. The largest absolute Gasteiger partial charge is 0.273 e. The molecular formula is C17H16N2OS2. The maximum atomic E-state index is 12.5. The molecule has 1 aromatic carbocycles. The molecule has 0 aliphatic carbocycles. The Labute approximate surface area is 138 Å². The van der Waals surface area contributed by atoms with Crippen molar-refractivity contribution in [3.63, 3.8) is 0 Å². The zero-order valence-electron chi connectivity index (χ0n) is 12.3. The summed E-state index contributed by atoms with van der Waals surface area (Å²) in [5.41, 5.74) is 3.18. The lowest BCUT2D eigenvalue weighted by molar-refractivity contribution is -0.119. The number of fused-ring (bicyclic) bond motifs is 3. The molecule has 1 amide bonds. The number of aryl methyl sites for hydroxylation is 1. The molecule has 0 bridgehead atoms. The van der Waals surface area contributed by atoms with Gasteiger partial charge in [-0.3, -0.25) is 4.79 Å². The van der Waals surface area contributed by atoms with Gasteiger partial charge in [0.15, 0.2) is 0 Å². The maximum absolute atomic E-state index is 12.5. The molecule has 3 nitrogen and oxygen atoms in total. The predicted molar refractivity (Wildman–Crippen MR) is 93.0 cm³/mol. The van der Waals surface area contributed by atoms with Crippen LogP contribution in [0.5, 0.6) is 0 Å². The Morgan fingerprint density at radius 3 is 2.91 bits per heavy atom. The van der Waals surface area contributed by atoms with Gasteiger partial charge in [-0.1, -0.05) is 18.2 Å². The van der Waals surface area contributed by atoms with Crippen molar-refractivity contribution in [2.45, 2.75) is 24.0 Å².